The third kappa shape index (κ3) is 2.82. The van der Waals surface area contributed by atoms with E-state index in [1.807, 2.05) is 5.38 Å². The van der Waals surface area contributed by atoms with E-state index < -0.39 is 0 Å². The Kier molecular flexibility index (Phi) is 3.34. The highest BCUT2D eigenvalue weighted by Gasteiger charge is 2.26. The zero-order valence-electron chi connectivity index (χ0n) is 12.5. The van der Waals surface area contributed by atoms with E-state index in [1.54, 1.807) is 19.1 Å². The number of carbonyl (C=O) groups excluding carboxylic acids is 1. The second-order valence-electron chi connectivity index (χ2n) is 5.78. The summed E-state index contributed by atoms with van der Waals surface area (Å²) in [7, 11) is 0. The fraction of sp³-hybridized carbons (Fsp3) is 0.235. The van der Waals surface area contributed by atoms with Crippen LogP contribution in [0.3, 0.4) is 0 Å². The summed E-state index contributed by atoms with van der Waals surface area (Å²) in [5, 5.41) is 6.07. The molecule has 0 radical (unpaired) electrons. The number of aromatic nitrogens is 2. The Morgan fingerprint density at radius 1 is 1.30 bits per heavy atom. The van der Waals surface area contributed by atoms with Gasteiger partial charge in [0.1, 0.15) is 5.82 Å². The summed E-state index contributed by atoms with van der Waals surface area (Å²) in [4.78, 5) is 21.3. The minimum atomic E-state index is -0.365. The molecule has 0 unspecified atom stereocenters. The van der Waals surface area contributed by atoms with Gasteiger partial charge < -0.3 is 0 Å². The van der Waals surface area contributed by atoms with Crippen LogP contribution >= 0.6 is 11.3 Å². The van der Waals surface area contributed by atoms with Crippen molar-refractivity contribution >= 4 is 33.3 Å². The second kappa shape index (κ2) is 5.38. The van der Waals surface area contributed by atoms with Gasteiger partial charge in [0, 0.05) is 28.4 Å². The van der Waals surface area contributed by atoms with Crippen molar-refractivity contribution in [1.29, 1.82) is 0 Å². The molecular weight excluding hydrogens is 313 g/mol. The lowest BCUT2D eigenvalue weighted by atomic mass is 10.1. The van der Waals surface area contributed by atoms with Crippen molar-refractivity contribution in [3.63, 3.8) is 0 Å². The van der Waals surface area contributed by atoms with E-state index in [2.05, 4.69) is 15.3 Å². The average molecular weight is 327 g/mol. The molecule has 2 aromatic heterocycles. The van der Waals surface area contributed by atoms with Gasteiger partial charge in [-0.25, -0.2) is 9.37 Å². The Balaban J connectivity index is 1.68. The van der Waals surface area contributed by atoms with Gasteiger partial charge >= 0.3 is 0 Å². The Labute approximate surface area is 136 Å². The molecule has 1 N–H and O–H groups in total. The molecule has 1 amide bonds. The molecule has 4 nitrogen and oxygen atoms in total. The predicted molar refractivity (Wildman–Crippen MR) is 88.5 cm³/mol. The standard InChI is InChI=1S/C17H14FN3OS/c1-9-6-13(12-5-4-11(18)7-14(12)19-9)16(22)21-17-20-15(8-23-17)10-2-3-10/h4-8,10H,2-3H2,1H3,(H,20,21,22). The Bertz CT molecular complexity index is 912. The van der Waals surface area contributed by atoms with Crippen molar-refractivity contribution in [3.05, 3.63) is 52.4 Å². The second-order valence-corrected chi connectivity index (χ2v) is 6.64. The molecule has 3 aromatic rings. The van der Waals surface area contributed by atoms with E-state index in [4.69, 9.17) is 0 Å². The first-order valence-corrected chi connectivity index (χ1v) is 8.32. The van der Waals surface area contributed by atoms with Gasteiger partial charge in [0.25, 0.3) is 5.91 Å². The molecule has 0 atom stereocenters. The van der Waals surface area contributed by atoms with E-state index in [-0.39, 0.29) is 11.7 Å². The zero-order valence-corrected chi connectivity index (χ0v) is 13.3. The summed E-state index contributed by atoms with van der Waals surface area (Å²) in [6, 6.07) is 5.98. The molecule has 2 heterocycles. The van der Waals surface area contributed by atoms with Crippen molar-refractivity contribution in [3.8, 4) is 0 Å². The number of aryl methyl sites for hydroxylation is 1. The number of halogens is 1. The molecule has 1 saturated carbocycles. The molecule has 0 aliphatic heterocycles. The number of amides is 1. The molecule has 1 fully saturated rings. The summed E-state index contributed by atoms with van der Waals surface area (Å²) in [5.41, 5.74) is 2.69. The summed E-state index contributed by atoms with van der Waals surface area (Å²) < 4.78 is 13.4. The molecule has 4 rings (SSSR count). The normalized spacial score (nSPS) is 14.2. The molecule has 0 bridgehead atoms. The topological polar surface area (TPSA) is 54.9 Å². The van der Waals surface area contributed by atoms with Crippen LogP contribution in [0, 0.1) is 12.7 Å². The maximum atomic E-state index is 13.4. The van der Waals surface area contributed by atoms with E-state index >= 15 is 0 Å². The van der Waals surface area contributed by atoms with Crippen molar-refractivity contribution in [2.45, 2.75) is 25.7 Å². The number of nitrogens with one attached hydrogen (secondary N) is 1. The molecular formula is C17H14FN3OS. The van der Waals surface area contributed by atoms with Gasteiger partial charge in [0.2, 0.25) is 0 Å². The van der Waals surface area contributed by atoms with Crippen molar-refractivity contribution in [2.24, 2.45) is 0 Å². The summed E-state index contributed by atoms with van der Waals surface area (Å²) >= 11 is 1.43. The van der Waals surface area contributed by atoms with Gasteiger partial charge in [-0.1, -0.05) is 0 Å². The smallest absolute Gasteiger partial charge is 0.258 e. The number of nitrogens with zero attached hydrogens (tertiary/aromatic N) is 2. The Morgan fingerprint density at radius 2 is 2.13 bits per heavy atom. The van der Waals surface area contributed by atoms with Crippen LogP contribution in [-0.4, -0.2) is 15.9 Å². The van der Waals surface area contributed by atoms with Crippen LogP contribution in [0.25, 0.3) is 10.9 Å². The third-order valence-corrected chi connectivity index (χ3v) is 4.66. The first-order chi connectivity index (χ1) is 11.1. The number of hydrogen-bond donors (Lipinski definition) is 1. The number of benzene rings is 1. The third-order valence-electron chi connectivity index (χ3n) is 3.88. The van der Waals surface area contributed by atoms with Gasteiger partial charge in [-0.05, 0) is 38.0 Å². The highest BCUT2D eigenvalue weighted by Crippen LogP contribution is 2.40. The number of pyridine rings is 1. The number of rotatable bonds is 3. The largest absolute Gasteiger partial charge is 0.298 e. The number of anilines is 1. The first kappa shape index (κ1) is 14.3. The molecule has 0 spiro atoms. The van der Waals surface area contributed by atoms with Crippen LogP contribution in [0.15, 0.2) is 29.6 Å². The summed E-state index contributed by atoms with van der Waals surface area (Å²) in [5.74, 6) is -0.0522. The van der Waals surface area contributed by atoms with Crippen LogP contribution in [0.1, 0.15) is 40.5 Å². The van der Waals surface area contributed by atoms with Gasteiger partial charge in [-0.2, -0.15) is 0 Å². The number of hydrogen-bond acceptors (Lipinski definition) is 4. The molecule has 0 saturated heterocycles. The maximum Gasteiger partial charge on any atom is 0.258 e. The van der Waals surface area contributed by atoms with Crippen molar-refractivity contribution in [1.82, 2.24) is 9.97 Å². The predicted octanol–water partition coefficient (Wildman–Crippen LogP) is 4.27. The molecule has 116 valence electrons. The molecule has 1 aromatic carbocycles. The average Bonchev–Trinajstić information content (AvgIpc) is 3.26. The van der Waals surface area contributed by atoms with Crippen LogP contribution in [0.5, 0.6) is 0 Å². The minimum Gasteiger partial charge on any atom is -0.298 e. The lowest BCUT2D eigenvalue weighted by Crippen LogP contribution is -2.13. The van der Waals surface area contributed by atoms with Crippen LogP contribution < -0.4 is 5.32 Å². The summed E-state index contributed by atoms with van der Waals surface area (Å²) in [6.45, 7) is 1.79. The van der Waals surface area contributed by atoms with Gasteiger partial charge in [0.15, 0.2) is 5.13 Å². The zero-order chi connectivity index (χ0) is 16.0. The Hall–Kier alpha value is -2.34. The van der Waals surface area contributed by atoms with E-state index in [9.17, 15) is 9.18 Å². The number of thiazole rings is 1. The molecule has 1 aliphatic rings. The van der Waals surface area contributed by atoms with Gasteiger partial charge in [-0.15, -0.1) is 11.3 Å². The molecule has 1 aliphatic carbocycles. The maximum absolute atomic E-state index is 13.4. The van der Waals surface area contributed by atoms with Crippen molar-refractivity contribution in [2.75, 3.05) is 5.32 Å². The quantitative estimate of drug-likeness (QED) is 0.781. The van der Waals surface area contributed by atoms with Crippen LogP contribution in [0.4, 0.5) is 9.52 Å². The monoisotopic (exact) mass is 327 g/mol. The summed E-state index contributed by atoms with van der Waals surface area (Å²) in [6.07, 6.45) is 2.35. The van der Waals surface area contributed by atoms with E-state index in [0.717, 1.165) is 5.69 Å². The lowest BCUT2D eigenvalue weighted by molar-refractivity contribution is 0.102. The molecule has 6 heteroatoms. The number of fused-ring (bicyclic) bond motifs is 1. The first-order valence-electron chi connectivity index (χ1n) is 7.44. The van der Waals surface area contributed by atoms with E-state index in [0.29, 0.717) is 33.2 Å². The number of carbonyl (C=O) groups is 1. The van der Waals surface area contributed by atoms with Gasteiger partial charge in [0.05, 0.1) is 16.8 Å². The SMILES string of the molecule is Cc1cc(C(=O)Nc2nc(C3CC3)cs2)c2ccc(F)cc2n1. The van der Waals surface area contributed by atoms with Gasteiger partial charge in [-0.3, -0.25) is 15.1 Å². The fourth-order valence-corrected chi connectivity index (χ4v) is 3.38. The molecule has 23 heavy (non-hydrogen) atoms. The highest BCUT2D eigenvalue weighted by atomic mass is 32.1. The highest BCUT2D eigenvalue weighted by molar-refractivity contribution is 7.14. The Morgan fingerprint density at radius 3 is 2.91 bits per heavy atom. The fourth-order valence-electron chi connectivity index (χ4n) is 2.60. The lowest BCUT2D eigenvalue weighted by Gasteiger charge is -2.07. The van der Waals surface area contributed by atoms with Crippen LogP contribution in [0.2, 0.25) is 0 Å². The van der Waals surface area contributed by atoms with E-state index in [1.165, 1.54) is 36.3 Å². The van der Waals surface area contributed by atoms with Crippen molar-refractivity contribution < 1.29 is 9.18 Å². The minimum absolute atomic E-state index is 0.246. The van der Waals surface area contributed by atoms with Crippen LogP contribution in [-0.2, 0) is 0 Å².